The zero-order valence-electron chi connectivity index (χ0n) is 11.0. The van der Waals surface area contributed by atoms with Crippen molar-refractivity contribution in [3.8, 4) is 17.3 Å². The number of hydrogen-bond acceptors (Lipinski definition) is 4. The monoisotopic (exact) mass is 253 g/mol. The number of nitrogens with zero attached hydrogens (tertiary/aromatic N) is 4. The number of benzene rings is 1. The lowest BCUT2D eigenvalue weighted by Crippen LogP contribution is -2.30. The van der Waals surface area contributed by atoms with Gasteiger partial charge >= 0.3 is 0 Å². The van der Waals surface area contributed by atoms with Crippen molar-refractivity contribution in [1.29, 1.82) is 5.26 Å². The number of likely N-dealkylation sites (N-methyl/N-ethyl adjacent to an activating group) is 1. The second-order valence-electron chi connectivity index (χ2n) is 4.75. The molecule has 1 N–H and O–H groups in total. The minimum Gasteiger partial charge on any atom is -0.382 e. The average molecular weight is 253 g/mol. The van der Waals surface area contributed by atoms with Gasteiger partial charge in [0, 0.05) is 38.9 Å². The molecule has 0 aliphatic carbocycles. The molecule has 0 amide bonds. The van der Waals surface area contributed by atoms with Crippen LogP contribution in [0.3, 0.4) is 0 Å². The maximum Gasteiger partial charge on any atom is 0.0999 e. The van der Waals surface area contributed by atoms with E-state index in [9.17, 15) is 5.26 Å². The second-order valence-corrected chi connectivity index (χ2v) is 4.75. The molecule has 5 nitrogen and oxygen atoms in total. The molecular formula is C14H15N5. The van der Waals surface area contributed by atoms with Crippen molar-refractivity contribution in [3.05, 3.63) is 30.0 Å². The van der Waals surface area contributed by atoms with Gasteiger partial charge in [0.2, 0.25) is 0 Å². The molecule has 1 aliphatic rings. The van der Waals surface area contributed by atoms with E-state index in [4.69, 9.17) is 0 Å². The third-order valence-corrected chi connectivity index (χ3v) is 3.42. The average Bonchev–Trinajstić information content (AvgIpc) is 2.84. The number of rotatable bonds is 1. The van der Waals surface area contributed by atoms with E-state index in [1.807, 2.05) is 31.4 Å². The molecule has 1 aliphatic heterocycles. The molecule has 0 fully saturated rings. The maximum atomic E-state index is 9.33. The van der Waals surface area contributed by atoms with Gasteiger partial charge in [-0.05, 0) is 18.2 Å². The van der Waals surface area contributed by atoms with Gasteiger partial charge < -0.3 is 10.2 Å². The van der Waals surface area contributed by atoms with Gasteiger partial charge in [-0.25, -0.2) is 0 Å². The molecule has 96 valence electrons. The fourth-order valence-electron chi connectivity index (χ4n) is 2.39. The molecule has 0 spiro atoms. The highest BCUT2D eigenvalue weighted by atomic mass is 15.2. The Morgan fingerprint density at radius 1 is 1.37 bits per heavy atom. The maximum absolute atomic E-state index is 9.33. The first-order valence-electron chi connectivity index (χ1n) is 6.22. The molecule has 0 atom stereocenters. The molecule has 1 aromatic heterocycles. The number of nitriles is 1. The topological polar surface area (TPSA) is 56.9 Å². The highest BCUT2D eigenvalue weighted by Crippen LogP contribution is 2.35. The van der Waals surface area contributed by atoms with Gasteiger partial charge in [-0.1, -0.05) is 0 Å². The van der Waals surface area contributed by atoms with Crippen LogP contribution in [0.5, 0.6) is 0 Å². The Morgan fingerprint density at radius 2 is 2.21 bits per heavy atom. The van der Waals surface area contributed by atoms with Gasteiger partial charge in [-0.15, -0.1) is 0 Å². The quantitative estimate of drug-likeness (QED) is 0.842. The van der Waals surface area contributed by atoms with Crippen LogP contribution < -0.4 is 10.2 Å². The van der Waals surface area contributed by atoms with Crippen molar-refractivity contribution in [3.63, 3.8) is 0 Å². The highest BCUT2D eigenvalue weighted by Gasteiger charge is 2.18. The van der Waals surface area contributed by atoms with E-state index in [0.29, 0.717) is 5.56 Å². The van der Waals surface area contributed by atoms with Crippen molar-refractivity contribution in [2.45, 2.75) is 0 Å². The van der Waals surface area contributed by atoms with Crippen molar-refractivity contribution in [2.24, 2.45) is 7.05 Å². The largest absolute Gasteiger partial charge is 0.382 e. The van der Waals surface area contributed by atoms with Crippen LogP contribution in [-0.4, -0.2) is 29.9 Å². The first kappa shape index (κ1) is 11.6. The summed E-state index contributed by atoms with van der Waals surface area (Å²) in [6, 6.07) is 8.15. The standard InChI is InChI=1S/C14H15N5/c1-18-6-4-16-13-7-10(9-15)11(8-14(13)18)12-3-5-19(2)17-12/h3,5,7-8,16H,4,6H2,1-2H3. The number of aryl methyl sites for hydroxylation is 1. The minimum atomic E-state index is 0.653. The van der Waals surface area contributed by atoms with Gasteiger partial charge in [0.25, 0.3) is 0 Å². The molecule has 0 saturated carbocycles. The number of nitrogens with one attached hydrogen (secondary N) is 1. The zero-order valence-corrected chi connectivity index (χ0v) is 11.0. The van der Waals surface area contributed by atoms with E-state index in [0.717, 1.165) is 35.7 Å². The predicted octanol–water partition coefficient (Wildman–Crippen LogP) is 1.82. The number of hydrogen-bond donors (Lipinski definition) is 1. The Balaban J connectivity index is 2.19. The Labute approximate surface area is 112 Å². The summed E-state index contributed by atoms with van der Waals surface area (Å²) in [5.74, 6) is 0. The molecule has 0 radical (unpaired) electrons. The van der Waals surface area contributed by atoms with Crippen LogP contribution in [0.1, 0.15) is 5.56 Å². The fourth-order valence-corrected chi connectivity index (χ4v) is 2.39. The molecule has 0 bridgehead atoms. The molecular weight excluding hydrogens is 238 g/mol. The Kier molecular flexibility index (Phi) is 2.64. The van der Waals surface area contributed by atoms with E-state index in [1.54, 1.807) is 4.68 Å². The van der Waals surface area contributed by atoms with Crippen LogP contribution in [0.4, 0.5) is 11.4 Å². The molecule has 5 heteroatoms. The number of aromatic nitrogens is 2. The van der Waals surface area contributed by atoms with Crippen LogP contribution in [-0.2, 0) is 7.05 Å². The first-order valence-corrected chi connectivity index (χ1v) is 6.22. The van der Waals surface area contributed by atoms with Crippen molar-refractivity contribution in [2.75, 3.05) is 30.4 Å². The molecule has 0 unspecified atom stereocenters. The molecule has 2 aromatic rings. The minimum absolute atomic E-state index is 0.653. The van der Waals surface area contributed by atoms with Crippen molar-refractivity contribution in [1.82, 2.24) is 9.78 Å². The third kappa shape index (κ3) is 1.91. The summed E-state index contributed by atoms with van der Waals surface area (Å²) < 4.78 is 1.75. The molecule has 2 heterocycles. The van der Waals surface area contributed by atoms with Crippen LogP contribution in [0.2, 0.25) is 0 Å². The summed E-state index contributed by atoms with van der Waals surface area (Å²) in [4.78, 5) is 2.19. The van der Waals surface area contributed by atoms with Crippen LogP contribution >= 0.6 is 0 Å². The van der Waals surface area contributed by atoms with E-state index in [2.05, 4.69) is 28.4 Å². The normalized spacial score (nSPS) is 13.6. The summed E-state index contributed by atoms with van der Waals surface area (Å²) >= 11 is 0. The Morgan fingerprint density at radius 3 is 2.89 bits per heavy atom. The summed E-state index contributed by atoms with van der Waals surface area (Å²) in [6.07, 6.45) is 1.89. The van der Waals surface area contributed by atoms with Gasteiger partial charge in [0.1, 0.15) is 0 Å². The number of anilines is 2. The summed E-state index contributed by atoms with van der Waals surface area (Å²) in [5.41, 5.74) is 4.51. The van der Waals surface area contributed by atoms with Gasteiger partial charge in [-0.2, -0.15) is 10.4 Å². The Hall–Kier alpha value is -2.48. The third-order valence-electron chi connectivity index (χ3n) is 3.42. The van der Waals surface area contributed by atoms with Gasteiger partial charge in [0.15, 0.2) is 0 Å². The first-order chi connectivity index (χ1) is 9.19. The molecule has 1 aromatic carbocycles. The van der Waals surface area contributed by atoms with Crippen LogP contribution in [0, 0.1) is 11.3 Å². The van der Waals surface area contributed by atoms with E-state index >= 15 is 0 Å². The number of fused-ring (bicyclic) bond motifs is 1. The summed E-state index contributed by atoms with van der Waals surface area (Å²) in [5, 5.41) is 17.1. The predicted molar refractivity (Wildman–Crippen MR) is 75.1 cm³/mol. The highest BCUT2D eigenvalue weighted by molar-refractivity contribution is 5.82. The van der Waals surface area contributed by atoms with E-state index < -0.39 is 0 Å². The van der Waals surface area contributed by atoms with Gasteiger partial charge in [-0.3, -0.25) is 4.68 Å². The fraction of sp³-hybridized carbons (Fsp3) is 0.286. The van der Waals surface area contributed by atoms with Crippen LogP contribution in [0.15, 0.2) is 24.4 Å². The summed E-state index contributed by atoms with van der Waals surface area (Å²) in [6.45, 7) is 1.86. The zero-order chi connectivity index (χ0) is 13.4. The van der Waals surface area contributed by atoms with Crippen LogP contribution in [0.25, 0.3) is 11.3 Å². The molecule has 0 saturated heterocycles. The lowest BCUT2D eigenvalue weighted by molar-refractivity contribution is 0.771. The smallest absolute Gasteiger partial charge is 0.0999 e. The van der Waals surface area contributed by atoms with Crippen molar-refractivity contribution >= 4 is 11.4 Å². The SMILES string of the molecule is CN1CCNc2cc(C#N)c(-c3ccn(C)n3)cc21. The van der Waals surface area contributed by atoms with Crippen molar-refractivity contribution < 1.29 is 0 Å². The Bertz CT molecular complexity index is 665. The van der Waals surface area contributed by atoms with E-state index in [-0.39, 0.29) is 0 Å². The van der Waals surface area contributed by atoms with Gasteiger partial charge in [0.05, 0.1) is 28.7 Å². The van der Waals surface area contributed by atoms with E-state index in [1.165, 1.54) is 0 Å². The lowest BCUT2D eigenvalue weighted by Gasteiger charge is -2.29. The second kappa shape index (κ2) is 4.32. The molecule has 19 heavy (non-hydrogen) atoms. The molecule has 3 rings (SSSR count). The lowest BCUT2D eigenvalue weighted by atomic mass is 10.0. The summed E-state index contributed by atoms with van der Waals surface area (Å²) in [7, 11) is 3.94.